The van der Waals surface area contributed by atoms with Crippen LogP contribution >= 0.6 is 23.1 Å². The molecule has 1 aromatic heterocycles. The number of carbonyl (C=O) groups excluding carboxylic acids is 1. The average Bonchev–Trinajstić information content (AvgIpc) is 3.30. The third-order valence-corrected chi connectivity index (χ3v) is 6.76. The zero-order valence-corrected chi connectivity index (χ0v) is 17.3. The van der Waals surface area contributed by atoms with Gasteiger partial charge in [-0.3, -0.25) is 4.79 Å². The number of thiazole rings is 1. The van der Waals surface area contributed by atoms with Crippen LogP contribution in [0.1, 0.15) is 35.3 Å². The van der Waals surface area contributed by atoms with E-state index < -0.39 is 5.97 Å². The second kappa shape index (κ2) is 10.6. The summed E-state index contributed by atoms with van der Waals surface area (Å²) in [6, 6.07) is 10.7. The van der Waals surface area contributed by atoms with Crippen LogP contribution in [0.5, 0.6) is 0 Å². The van der Waals surface area contributed by atoms with E-state index in [0.717, 1.165) is 42.4 Å². The fourth-order valence-corrected chi connectivity index (χ4v) is 5.11. The monoisotopic (exact) mass is 419 g/mol. The molecule has 1 saturated heterocycles. The Balaban J connectivity index is 1.36. The van der Waals surface area contributed by atoms with Gasteiger partial charge in [0.2, 0.25) is 5.91 Å². The van der Waals surface area contributed by atoms with Crippen molar-refractivity contribution in [2.24, 2.45) is 0 Å². The largest absolute Gasteiger partial charge is 0.476 e. The Bertz CT molecular complexity index is 782. The molecule has 2 aromatic rings. The zero-order valence-electron chi connectivity index (χ0n) is 15.7. The van der Waals surface area contributed by atoms with Crippen LogP contribution in [0.15, 0.2) is 40.1 Å². The van der Waals surface area contributed by atoms with Gasteiger partial charge in [-0.25, -0.2) is 9.78 Å². The van der Waals surface area contributed by atoms with Gasteiger partial charge in [0.05, 0.1) is 0 Å². The summed E-state index contributed by atoms with van der Waals surface area (Å²) in [5, 5.41) is 14.0. The molecule has 0 spiro atoms. The summed E-state index contributed by atoms with van der Waals surface area (Å²) < 4.78 is 0.736. The van der Waals surface area contributed by atoms with Crippen molar-refractivity contribution in [3.8, 4) is 0 Å². The molecule has 1 aliphatic heterocycles. The summed E-state index contributed by atoms with van der Waals surface area (Å²) in [5.74, 6) is -0.0682. The fraction of sp³-hybridized carbons (Fsp3) is 0.450. The Kier molecular flexibility index (Phi) is 7.88. The summed E-state index contributed by atoms with van der Waals surface area (Å²) >= 11 is 2.84. The third kappa shape index (κ3) is 6.05. The maximum Gasteiger partial charge on any atom is 0.355 e. The van der Waals surface area contributed by atoms with Crippen LogP contribution in [0, 0.1) is 0 Å². The number of hydrogen-bond donors (Lipinski definition) is 2. The van der Waals surface area contributed by atoms with Crippen molar-refractivity contribution in [1.29, 1.82) is 0 Å². The number of benzene rings is 1. The molecule has 0 bridgehead atoms. The number of hydrogen-bond acceptors (Lipinski definition) is 6. The molecule has 1 amide bonds. The minimum absolute atomic E-state index is 0.0855. The van der Waals surface area contributed by atoms with Crippen LogP contribution in [0.25, 0.3) is 0 Å². The number of aromatic nitrogens is 1. The lowest BCUT2D eigenvalue weighted by atomic mass is 10.1. The maximum atomic E-state index is 12.2. The predicted octanol–water partition coefficient (Wildman–Crippen LogP) is 3.15. The molecule has 28 heavy (non-hydrogen) atoms. The first-order chi connectivity index (χ1) is 13.6. The first-order valence-corrected chi connectivity index (χ1v) is 11.4. The summed E-state index contributed by atoms with van der Waals surface area (Å²) in [6.45, 7) is 2.44. The molecule has 0 saturated carbocycles. The normalized spacial score (nSPS) is 16.6. The second-order valence-corrected chi connectivity index (χ2v) is 8.93. The van der Waals surface area contributed by atoms with Crippen LogP contribution in [0.3, 0.4) is 0 Å². The Morgan fingerprint density at radius 3 is 2.93 bits per heavy atom. The van der Waals surface area contributed by atoms with Gasteiger partial charge in [-0.05, 0) is 31.4 Å². The molecule has 150 valence electrons. The van der Waals surface area contributed by atoms with Crippen LogP contribution < -0.4 is 5.32 Å². The molecule has 1 fully saturated rings. The summed E-state index contributed by atoms with van der Waals surface area (Å²) in [7, 11) is 0. The predicted molar refractivity (Wildman–Crippen MR) is 112 cm³/mol. The van der Waals surface area contributed by atoms with Crippen molar-refractivity contribution < 1.29 is 14.7 Å². The first-order valence-electron chi connectivity index (χ1n) is 9.49. The van der Waals surface area contributed by atoms with Gasteiger partial charge in [0.1, 0.15) is 0 Å². The zero-order chi connectivity index (χ0) is 19.8. The Morgan fingerprint density at radius 2 is 2.18 bits per heavy atom. The minimum Gasteiger partial charge on any atom is -0.476 e. The van der Waals surface area contributed by atoms with Gasteiger partial charge in [0, 0.05) is 36.7 Å². The average molecular weight is 420 g/mol. The van der Waals surface area contributed by atoms with Crippen molar-refractivity contribution in [3.63, 3.8) is 0 Å². The van der Waals surface area contributed by atoms with Crippen molar-refractivity contribution in [2.75, 3.05) is 25.4 Å². The van der Waals surface area contributed by atoms with Crippen LogP contribution in [-0.4, -0.2) is 58.3 Å². The van der Waals surface area contributed by atoms with Gasteiger partial charge in [-0.1, -0.05) is 42.1 Å². The lowest BCUT2D eigenvalue weighted by Gasteiger charge is -2.25. The quantitative estimate of drug-likeness (QED) is 0.430. The van der Waals surface area contributed by atoms with Gasteiger partial charge in [-0.15, -0.1) is 11.3 Å². The summed E-state index contributed by atoms with van der Waals surface area (Å²) in [4.78, 5) is 29.1. The summed E-state index contributed by atoms with van der Waals surface area (Å²) in [5.41, 5.74) is 1.44. The highest BCUT2D eigenvalue weighted by Gasteiger charge is 2.30. The Morgan fingerprint density at radius 1 is 1.36 bits per heavy atom. The molecular weight excluding hydrogens is 394 g/mol. The van der Waals surface area contributed by atoms with E-state index in [1.807, 2.05) is 11.0 Å². The number of carbonyl (C=O) groups is 2. The third-order valence-electron chi connectivity index (χ3n) is 4.75. The van der Waals surface area contributed by atoms with Crippen molar-refractivity contribution >= 4 is 35.0 Å². The lowest BCUT2D eigenvalue weighted by molar-refractivity contribution is -0.128. The molecule has 1 atom stereocenters. The molecule has 6 nitrogen and oxygen atoms in total. The van der Waals surface area contributed by atoms with E-state index in [2.05, 4.69) is 34.6 Å². The molecule has 3 rings (SSSR count). The van der Waals surface area contributed by atoms with E-state index in [9.17, 15) is 9.59 Å². The maximum absolute atomic E-state index is 12.2. The number of carboxylic acids is 1. The standard InChI is InChI=1S/C20H25N3O3S2/c24-18-9-8-16(13-21-10-4-7-15-5-2-1-3-6-15)23(18)11-12-27-20-22-17(14-28-20)19(25)26/h1-3,5-6,14,16,21H,4,7-13H2,(H,25,26)/t16-/m1/s1. The number of aryl methyl sites for hydroxylation is 1. The van der Waals surface area contributed by atoms with Crippen LogP contribution in [0.2, 0.25) is 0 Å². The van der Waals surface area contributed by atoms with Crippen LogP contribution in [0.4, 0.5) is 0 Å². The molecule has 8 heteroatoms. The van der Waals surface area contributed by atoms with E-state index in [4.69, 9.17) is 5.11 Å². The fourth-order valence-electron chi connectivity index (χ4n) is 3.30. The first kappa shape index (κ1) is 20.8. The number of thioether (sulfide) groups is 1. The van der Waals surface area contributed by atoms with Gasteiger partial charge < -0.3 is 15.3 Å². The lowest BCUT2D eigenvalue weighted by Crippen LogP contribution is -2.41. The SMILES string of the molecule is O=C(O)c1csc(SCCN2C(=O)CC[C@@H]2CNCCCc2ccccc2)n1. The second-order valence-electron chi connectivity index (χ2n) is 6.73. The highest BCUT2D eigenvalue weighted by atomic mass is 32.2. The van der Waals surface area contributed by atoms with Crippen molar-refractivity contribution in [1.82, 2.24) is 15.2 Å². The minimum atomic E-state index is -1.00. The van der Waals surface area contributed by atoms with Crippen molar-refractivity contribution in [2.45, 2.75) is 36.1 Å². The Labute approximate surface area is 173 Å². The van der Waals surface area contributed by atoms with E-state index >= 15 is 0 Å². The molecular formula is C20H25N3O3S2. The smallest absolute Gasteiger partial charge is 0.355 e. The number of carboxylic acid groups (broad SMARTS) is 1. The molecule has 0 unspecified atom stereocenters. The topological polar surface area (TPSA) is 82.5 Å². The molecule has 2 heterocycles. The number of nitrogens with one attached hydrogen (secondary N) is 1. The van der Waals surface area contributed by atoms with Crippen LogP contribution in [-0.2, 0) is 11.2 Å². The van der Waals surface area contributed by atoms with E-state index in [1.54, 1.807) is 5.38 Å². The van der Waals surface area contributed by atoms with Gasteiger partial charge in [-0.2, -0.15) is 0 Å². The van der Waals surface area contributed by atoms with E-state index in [-0.39, 0.29) is 17.6 Å². The number of amides is 1. The highest BCUT2D eigenvalue weighted by Crippen LogP contribution is 2.24. The number of likely N-dealkylation sites (tertiary alicyclic amines) is 1. The molecule has 1 aromatic carbocycles. The van der Waals surface area contributed by atoms with Crippen molar-refractivity contribution in [3.05, 3.63) is 47.0 Å². The summed E-state index contributed by atoms with van der Waals surface area (Å²) in [6.07, 6.45) is 3.65. The number of rotatable bonds is 11. The number of aromatic carboxylic acids is 1. The van der Waals surface area contributed by atoms with E-state index in [1.165, 1.54) is 28.7 Å². The molecule has 1 aliphatic rings. The molecule has 0 aliphatic carbocycles. The van der Waals surface area contributed by atoms with E-state index in [0.29, 0.717) is 13.0 Å². The van der Waals surface area contributed by atoms with Gasteiger partial charge >= 0.3 is 5.97 Å². The van der Waals surface area contributed by atoms with Gasteiger partial charge in [0.15, 0.2) is 10.0 Å². The highest BCUT2D eigenvalue weighted by molar-refractivity contribution is 8.01. The Hall–Kier alpha value is -1.90. The van der Waals surface area contributed by atoms with Gasteiger partial charge in [0.25, 0.3) is 0 Å². The molecule has 2 N–H and O–H groups in total. The molecule has 0 radical (unpaired) electrons. The number of nitrogens with zero attached hydrogens (tertiary/aromatic N) is 2.